The Kier molecular flexibility index (Phi) is 3.80. The number of nitrogens with zero attached hydrogens (tertiary/aromatic N) is 1. The Bertz CT molecular complexity index is 476. The van der Waals surface area contributed by atoms with Crippen molar-refractivity contribution in [3.63, 3.8) is 0 Å². The van der Waals surface area contributed by atoms with Crippen LogP contribution in [0.3, 0.4) is 0 Å². The van der Waals surface area contributed by atoms with Crippen LogP contribution in [0.15, 0.2) is 18.2 Å². The van der Waals surface area contributed by atoms with E-state index in [9.17, 15) is 4.79 Å². The summed E-state index contributed by atoms with van der Waals surface area (Å²) in [6.45, 7) is 5.91. The fraction of sp³-hybridized carbons (Fsp3) is 0.273. The average molecular weight is 223 g/mol. The summed E-state index contributed by atoms with van der Waals surface area (Å²) in [6.07, 6.45) is 0. The highest BCUT2D eigenvalue weighted by Crippen LogP contribution is 2.22. The molecule has 0 amide bonds. The van der Waals surface area contributed by atoms with E-state index in [1.165, 1.54) is 11.3 Å². The van der Waals surface area contributed by atoms with E-state index in [1.807, 2.05) is 20.8 Å². The molecular weight excluding hydrogens is 210 g/mol. The first-order valence-corrected chi connectivity index (χ1v) is 5.59. The van der Waals surface area contributed by atoms with Gasteiger partial charge in [-0.05, 0) is 25.1 Å². The minimum Gasteiger partial charge on any atom is -0.478 e. The molecular formula is C11H13NO2S. The molecule has 3 nitrogen and oxygen atoms in total. The van der Waals surface area contributed by atoms with Crippen molar-refractivity contribution < 1.29 is 9.90 Å². The molecule has 0 radical (unpaired) electrons. The largest absolute Gasteiger partial charge is 0.478 e. The monoisotopic (exact) mass is 223 g/mol. The van der Waals surface area contributed by atoms with Gasteiger partial charge in [-0.1, -0.05) is 13.8 Å². The molecule has 2 aromatic rings. The number of benzene rings is 1. The van der Waals surface area contributed by atoms with Gasteiger partial charge in [0.15, 0.2) is 0 Å². The average Bonchev–Trinajstić information content (AvgIpc) is 2.59. The van der Waals surface area contributed by atoms with Gasteiger partial charge in [-0.25, -0.2) is 9.78 Å². The molecule has 0 aliphatic heterocycles. The molecule has 0 atom stereocenters. The van der Waals surface area contributed by atoms with E-state index in [1.54, 1.807) is 18.2 Å². The van der Waals surface area contributed by atoms with Gasteiger partial charge < -0.3 is 5.11 Å². The van der Waals surface area contributed by atoms with Gasteiger partial charge in [0.25, 0.3) is 0 Å². The van der Waals surface area contributed by atoms with Crippen molar-refractivity contribution in [3.8, 4) is 0 Å². The fourth-order valence-corrected chi connectivity index (χ4v) is 2.04. The number of thiazole rings is 1. The maximum Gasteiger partial charge on any atom is 0.335 e. The summed E-state index contributed by atoms with van der Waals surface area (Å²) in [5.74, 6) is -0.895. The third-order valence-corrected chi connectivity index (χ3v) is 2.68. The molecule has 2 rings (SSSR count). The zero-order valence-corrected chi connectivity index (χ0v) is 9.76. The van der Waals surface area contributed by atoms with E-state index in [0.29, 0.717) is 5.56 Å². The number of aromatic nitrogens is 1. The summed E-state index contributed by atoms with van der Waals surface area (Å²) in [6, 6.07) is 4.97. The summed E-state index contributed by atoms with van der Waals surface area (Å²) in [5.41, 5.74) is 1.18. The van der Waals surface area contributed by atoms with Crippen LogP contribution in [0.5, 0.6) is 0 Å². The molecule has 0 fully saturated rings. The van der Waals surface area contributed by atoms with Gasteiger partial charge in [0.05, 0.1) is 20.8 Å². The normalized spacial score (nSPS) is 9.53. The summed E-state index contributed by atoms with van der Waals surface area (Å²) in [5, 5.41) is 9.69. The van der Waals surface area contributed by atoms with Crippen LogP contribution < -0.4 is 0 Å². The van der Waals surface area contributed by atoms with Crippen LogP contribution in [0.1, 0.15) is 29.2 Å². The molecule has 1 heterocycles. The SMILES string of the molecule is CC.Cc1nc2ccc(C(=O)O)cc2s1. The standard InChI is InChI=1S/C9H7NO2S.C2H6/c1-5-10-7-3-2-6(9(11)12)4-8(7)13-5;1-2/h2-4H,1H3,(H,11,12);1-2H3. The van der Waals surface area contributed by atoms with Crippen molar-refractivity contribution in [1.82, 2.24) is 4.98 Å². The summed E-state index contributed by atoms with van der Waals surface area (Å²) >= 11 is 1.51. The second-order valence-electron chi connectivity index (χ2n) is 2.72. The molecule has 1 aromatic carbocycles. The Morgan fingerprint density at radius 1 is 1.40 bits per heavy atom. The summed E-state index contributed by atoms with van der Waals surface area (Å²) in [7, 11) is 0. The van der Waals surface area contributed by atoms with Gasteiger partial charge in [-0.2, -0.15) is 0 Å². The highest BCUT2D eigenvalue weighted by Gasteiger charge is 2.05. The highest BCUT2D eigenvalue weighted by atomic mass is 32.1. The lowest BCUT2D eigenvalue weighted by molar-refractivity contribution is 0.0697. The first-order chi connectivity index (χ1) is 7.16. The van der Waals surface area contributed by atoms with E-state index in [0.717, 1.165) is 15.2 Å². The molecule has 0 aliphatic rings. The number of aryl methyl sites for hydroxylation is 1. The van der Waals surface area contributed by atoms with Crippen LogP contribution in [-0.4, -0.2) is 16.1 Å². The number of hydrogen-bond acceptors (Lipinski definition) is 3. The lowest BCUT2D eigenvalue weighted by atomic mass is 10.2. The highest BCUT2D eigenvalue weighted by molar-refractivity contribution is 7.18. The second kappa shape index (κ2) is 4.89. The van der Waals surface area contributed by atoms with Gasteiger partial charge in [0, 0.05) is 0 Å². The maximum absolute atomic E-state index is 10.6. The molecule has 80 valence electrons. The number of hydrogen-bond donors (Lipinski definition) is 1. The molecule has 15 heavy (non-hydrogen) atoms. The molecule has 0 saturated heterocycles. The summed E-state index contributed by atoms with van der Waals surface area (Å²) < 4.78 is 0.928. The molecule has 0 saturated carbocycles. The Morgan fingerprint density at radius 3 is 2.67 bits per heavy atom. The molecule has 1 aromatic heterocycles. The van der Waals surface area contributed by atoms with Crippen molar-refractivity contribution in [2.75, 3.05) is 0 Å². The molecule has 0 aliphatic carbocycles. The number of aromatic carboxylic acids is 1. The minimum atomic E-state index is -0.895. The zero-order valence-electron chi connectivity index (χ0n) is 8.94. The van der Waals surface area contributed by atoms with Crippen LogP contribution in [0.4, 0.5) is 0 Å². The van der Waals surface area contributed by atoms with Gasteiger partial charge in [-0.3, -0.25) is 0 Å². The Balaban J connectivity index is 0.000000531. The Morgan fingerprint density at radius 2 is 2.07 bits per heavy atom. The van der Waals surface area contributed by atoms with Crippen LogP contribution in [-0.2, 0) is 0 Å². The van der Waals surface area contributed by atoms with Gasteiger partial charge in [-0.15, -0.1) is 11.3 Å². The fourth-order valence-electron chi connectivity index (χ4n) is 1.17. The minimum absolute atomic E-state index is 0.316. The van der Waals surface area contributed by atoms with Crippen LogP contribution in [0.2, 0.25) is 0 Å². The molecule has 0 bridgehead atoms. The van der Waals surface area contributed by atoms with Gasteiger partial charge in [0.2, 0.25) is 0 Å². The third kappa shape index (κ3) is 2.53. The van der Waals surface area contributed by atoms with Crippen molar-refractivity contribution in [2.24, 2.45) is 0 Å². The predicted molar refractivity (Wildman–Crippen MR) is 62.7 cm³/mol. The zero-order chi connectivity index (χ0) is 11.4. The van der Waals surface area contributed by atoms with Crippen LogP contribution in [0, 0.1) is 6.92 Å². The lowest BCUT2D eigenvalue weighted by Crippen LogP contribution is -1.94. The second-order valence-corrected chi connectivity index (χ2v) is 3.96. The predicted octanol–water partition coefficient (Wildman–Crippen LogP) is 3.33. The van der Waals surface area contributed by atoms with Crippen molar-refractivity contribution >= 4 is 27.5 Å². The molecule has 1 N–H and O–H groups in total. The van der Waals surface area contributed by atoms with E-state index in [4.69, 9.17) is 5.11 Å². The van der Waals surface area contributed by atoms with Crippen molar-refractivity contribution in [2.45, 2.75) is 20.8 Å². The number of fused-ring (bicyclic) bond motifs is 1. The number of carboxylic acids is 1. The maximum atomic E-state index is 10.6. The van der Waals surface area contributed by atoms with E-state index < -0.39 is 5.97 Å². The van der Waals surface area contributed by atoms with Crippen LogP contribution in [0.25, 0.3) is 10.2 Å². The lowest BCUT2D eigenvalue weighted by Gasteiger charge is -1.91. The smallest absolute Gasteiger partial charge is 0.335 e. The topological polar surface area (TPSA) is 50.2 Å². The Hall–Kier alpha value is -1.42. The van der Waals surface area contributed by atoms with E-state index in [-0.39, 0.29) is 0 Å². The summed E-state index contributed by atoms with van der Waals surface area (Å²) in [4.78, 5) is 14.9. The van der Waals surface area contributed by atoms with Crippen molar-refractivity contribution in [1.29, 1.82) is 0 Å². The van der Waals surface area contributed by atoms with Gasteiger partial charge in [0.1, 0.15) is 0 Å². The van der Waals surface area contributed by atoms with Crippen LogP contribution >= 0.6 is 11.3 Å². The van der Waals surface area contributed by atoms with E-state index >= 15 is 0 Å². The number of rotatable bonds is 1. The first-order valence-electron chi connectivity index (χ1n) is 4.77. The molecule has 4 heteroatoms. The molecule has 0 spiro atoms. The first kappa shape index (κ1) is 11.7. The molecule has 0 unspecified atom stereocenters. The van der Waals surface area contributed by atoms with Crippen molar-refractivity contribution in [3.05, 3.63) is 28.8 Å². The van der Waals surface area contributed by atoms with Gasteiger partial charge >= 0.3 is 5.97 Å². The van der Waals surface area contributed by atoms with E-state index in [2.05, 4.69) is 4.98 Å². The number of carboxylic acid groups (broad SMARTS) is 1. The third-order valence-electron chi connectivity index (χ3n) is 1.74. The number of carbonyl (C=O) groups is 1. The quantitative estimate of drug-likeness (QED) is 0.806. The Labute approximate surface area is 92.4 Å².